The predicted molar refractivity (Wildman–Crippen MR) is 182 cm³/mol. The Morgan fingerprint density at radius 1 is 0.796 bits per heavy atom. The highest BCUT2D eigenvalue weighted by Crippen LogP contribution is 2.26. The van der Waals surface area contributed by atoms with Crippen molar-refractivity contribution in [1.82, 2.24) is 39.1 Å². The molecule has 0 atom stereocenters. The van der Waals surface area contributed by atoms with Crippen molar-refractivity contribution in [2.24, 2.45) is 0 Å². The van der Waals surface area contributed by atoms with Crippen molar-refractivity contribution in [3.63, 3.8) is 0 Å². The number of hydrogen-bond donors (Lipinski definition) is 0. The SMILES string of the molecule is Cc1cc(-c2cc3nc(-n4ccc(-c5ccccc5)n4)cc(N4CCOCC4)n3n2)nn1COC(=O)c1cccc(CN2CCOCC2)c1. The molecule has 0 bridgehead atoms. The summed E-state index contributed by atoms with van der Waals surface area (Å²) in [7, 11) is 0. The van der Waals surface area contributed by atoms with Crippen LogP contribution >= 0.6 is 0 Å². The van der Waals surface area contributed by atoms with E-state index in [-0.39, 0.29) is 6.73 Å². The topological polar surface area (TPSA) is 117 Å². The van der Waals surface area contributed by atoms with Gasteiger partial charge in [-0.3, -0.25) is 4.90 Å². The molecule has 2 aliphatic heterocycles. The smallest absolute Gasteiger partial charge is 0.339 e. The van der Waals surface area contributed by atoms with E-state index in [2.05, 4.69) is 9.80 Å². The van der Waals surface area contributed by atoms with E-state index in [1.54, 1.807) is 15.4 Å². The quantitative estimate of drug-likeness (QED) is 0.209. The second-order valence-electron chi connectivity index (χ2n) is 12.2. The van der Waals surface area contributed by atoms with Crippen molar-refractivity contribution in [3.05, 3.63) is 102 Å². The van der Waals surface area contributed by atoms with E-state index < -0.39 is 5.97 Å². The van der Waals surface area contributed by atoms with Crippen molar-refractivity contribution < 1.29 is 19.0 Å². The van der Waals surface area contributed by atoms with Gasteiger partial charge in [-0.15, -0.1) is 0 Å². The molecule has 0 aliphatic carbocycles. The highest BCUT2D eigenvalue weighted by Gasteiger charge is 2.21. The molecule has 13 heteroatoms. The van der Waals surface area contributed by atoms with Crippen molar-refractivity contribution >= 4 is 17.4 Å². The molecule has 0 unspecified atom stereocenters. The first-order valence-electron chi connectivity index (χ1n) is 16.5. The summed E-state index contributed by atoms with van der Waals surface area (Å²) in [6.07, 6.45) is 1.92. The van der Waals surface area contributed by atoms with E-state index >= 15 is 0 Å². The Balaban J connectivity index is 1.03. The Labute approximate surface area is 283 Å². The van der Waals surface area contributed by atoms with Gasteiger partial charge in [-0.2, -0.15) is 19.8 Å². The van der Waals surface area contributed by atoms with Crippen LogP contribution in [0.3, 0.4) is 0 Å². The molecule has 6 aromatic rings. The van der Waals surface area contributed by atoms with Gasteiger partial charge < -0.3 is 19.1 Å². The van der Waals surface area contributed by atoms with Crippen LogP contribution in [-0.4, -0.2) is 97.6 Å². The largest absolute Gasteiger partial charge is 0.439 e. The van der Waals surface area contributed by atoms with Crippen LogP contribution in [0.15, 0.2) is 85.1 Å². The van der Waals surface area contributed by atoms with Gasteiger partial charge in [0.25, 0.3) is 0 Å². The lowest BCUT2D eigenvalue weighted by Crippen LogP contribution is -2.37. The van der Waals surface area contributed by atoms with Crippen LogP contribution < -0.4 is 4.90 Å². The number of ether oxygens (including phenoxy) is 3. The first-order valence-corrected chi connectivity index (χ1v) is 16.5. The number of esters is 1. The molecule has 2 fully saturated rings. The van der Waals surface area contributed by atoms with Crippen molar-refractivity contribution in [2.45, 2.75) is 20.2 Å². The molecule has 8 rings (SSSR count). The average Bonchev–Trinajstić information content (AvgIpc) is 3.90. The fourth-order valence-corrected chi connectivity index (χ4v) is 6.20. The van der Waals surface area contributed by atoms with E-state index in [9.17, 15) is 4.79 Å². The van der Waals surface area contributed by atoms with Crippen molar-refractivity contribution in [3.8, 4) is 28.5 Å². The van der Waals surface area contributed by atoms with Gasteiger partial charge in [0, 0.05) is 62.3 Å². The van der Waals surface area contributed by atoms with Gasteiger partial charge in [0.05, 0.1) is 37.7 Å². The summed E-state index contributed by atoms with van der Waals surface area (Å²) in [4.78, 5) is 22.6. The Morgan fingerprint density at radius 3 is 2.39 bits per heavy atom. The Bertz CT molecular complexity index is 2070. The molecule has 0 amide bonds. The maximum Gasteiger partial charge on any atom is 0.339 e. The summed E-state index contributed by atoms with van der Waals surface area (Å²) in [6, 6.07) is 25.5. The van der Waals surface area contributed by atoms with Gasteiger partial charge in [0.15, 0.2) is 18.2 Å². The minimum Gasteiger partial charge on any atom is -0.439 e. The highest BCUT2D eigenvalue weighted by molar-refractivity contribution is 5.89. The third-order valence-electron chi connectivity index (χ3n) is 8.86. The molecule has 6 heterocycles. The van der Waals surface area contributed by atoms with Gasteiger partial charge >= 0.3 is 5.97 Å². The van der Waals surface area contributed by atoms with Crippen LogP contribution in [0, 0.1) is 6.92 Å². The number of hydrogen-bond acceptors (Lipinski definition) is 10. The van der Waals surface area contributed by atoms with Gasteiger partial charge in [-0.05, 0) is 36.8 Å². The highest BCUT2D eigenvalue weighted by atomic mass is 16.5. The number of aromatic nitrogens is 7. The van der Waals surface area contributed by atoms with Crippen LogP contribution in [0.25, 0.3) is 34.1 Å². The Kier molecular flexibility index (Phi) is 8.60. The Morgan fingerprint density at radius 2 is 1.57 bits per heavy atom. The molecule has 250 valence electrons. The standard InChI is InChI=1S/C36H37N9O4/c1-26-20-31(39-44(26)25-49-36(46)29-9-5-6-27(21-29)24-41-12-16-47-17-13-41)32-22-34-37-33(23-35(45(34)40-32)42-14-18-48-19-15-42)43-11-10-30(38-43)28-7-3-2-4-8-28/h2-11,20-23H,12-19,24-25H2,1H3. The first kappa shape index (κ1) is 30.9. The van der Waals surface area contributed by atoms with Gasteiger partial charge in [-0.1, -0.05) is 42.5 Å². The number of aryl methyl sites for hydroxylation is 1. The molecule has 0 N–H and O–H groups in total. The average molecular weight is 660 g/mol. The maximum atomic E-state index is 13.0. The zero-order valence-electron chi connectivity index (χ0n) is 27.3. The number of rotatable bonds is 9. The molecule has 2 aliphatic rings. The number of nitrogens with zero attached hydrogens (tertiary/aromatic N) is 9. The summed E-state index contributed by atoms with van der Waals surface area (Å²) in [5, 5.41) is 14.5. The third-order valence-corrected chi connectivity index (χ3v) is 8.86. The maximum absolute atomic E-state index is 13.0. The van der Waals surface area contributed by atoms with E-state index in [4.69, 9.17) is 34.5 Å². The molecule has 0 radical (unpaired) electrons. The molecule has 0 saturated carbocycles. The molecular formula is C36H37N9O4. The fourth-order valence-electron chi connectivity index (χ4n) is 6.20. The van der Waals surface area contributed by atoms with Crippen molar-refractivity contribution in [2.75, 3.05) is 57.5 Å². The molecule has 49 heavy (non-hydrogen) atoms. The van der Waals surface area contributed by atoms with Crippen LogP contribution in [0.1, 0.15) is 21.6 Å². The lowest BCUT2D eigenvalue weighted by Gasteiger charge is -2.29. The minimum atomic E-state index is -0.395. The molecule has 0 spiro atoms. The normalized spacial score (nSPS) is 15.6. The summed E-state index contributed by atoms with van der Waals surface area (Å²) in [5.74, 6) is 1.19. The van der Waals surface area contributed by atoms with Gasteiger partial charge in [0.1, 0.15) is 17.2 Å². The monoisotopic (exact) mass is 659 g/mol. The van der Waals surface area contributed by atoms with E-state index in [0.29, 0.717) is 41.6 Å². The Hall–Kier alpha value is -5.37. The molecular weight excluding hydrogens is 622 g/mol. The minimum absolute atomic E-state index is 0.0177. The van der Waals surface area contributed by atoms with E-state index in [0.717, 1.165) is 74.3 Å². The second-order valence-corrected chi connectivity index (χ2v) is 12.2. The van der Waals surface area contributed by atoms with Gasteiger partial charge in [-0.25, -0.2) is 19.1 Å². The lowest BCUT2D eigenvalue weighted by atomic mass is 10.1. The van der Waals surface area contributed by atoms with Crippen LogP contribution in [0.4, 0.5) is 5.82 Å². The predicted octanol–water partition coefficient (Wildman–Crippen LogP) is 4.24. The first-order chi connectivity index (χ1) is 24.1. The number of morpholine rings is 2. The molecule has 13 nitrogen and oxygen atoms in total. The van der Waals surface area contributed by atoms with Crippen LogP contribution in [-0.2, 0) is 27.5 Å². The summed E-state index contributed by atoms with van der Waals surface area (Å²) in [6.45, 7) is 8.64. The summed E-state index contributed by atoms with van der Waals surface area (Å²) < 4.78 is 22.1. The lowest BCUT2D eigenvalue weighted by molar-refractivity contribution is 0.0332. The van der Waals surface area contributed by atoms with Crippen LogP contribution in [0.2, 0.25) is 0 Å². The van der Waals surface area contributed by atoms with Crippen molar-refractivity contribution in [1.29, 1.82) is 0 Å². The molecule has 2 saturated heterocycles. The van der Waals surface area contributed by atoms with Gasteiger partial charge in [0.2, 0.25) is 0 Å². The zero-order chi connectivity index (χ0) is 33.2. The number of carbonyl (C=O) groups is 1. The number of benzene rings is 2. The molecule has 2 aromatic carbocycles. The van der Waals surface area contributed by atoms with E-state index in [1.807, 2.05) is 90.4 Å². The third kappa shape index (κ3) is 6.68. The fraction of sp³-hybridized carbons (Fsp3) is 0.306. The molecule has 4 aromatic heterocycles. The number of anilines is 1. The summed E-state index contributed by atoms with van der Waals surface area (Å²) >= 11 is 0. The van der Waals surface area contributed by atoms with Crippen LogP contribution in [0.5, 0.6) is 0 Å². The summed E-state index contributed by atoms with van der Waals surface area (Å²) in [5.41, 5.74) is 6.32. The zero-order valence-corrected chi connectivity index (χ0v) is 27.3. The van der Waals surface area contributed by atoms with E-state index in [1.165, 1.54) is 0 Å². The number of carbonyl (C=O) groups excluding carboxylic acids is 1. The second kappa shape index (κ2) is 13.6. The number of fused-ring (bicyclic) bond motifs is 1.